The molecule has 0 amide bonds. The summed E-state index contributed by atoms with van der Waals surface area (Å²) in [5.41, 5.74) is 2.35. The zero-order chi connectivity index (χ0) is 9.47. The van der Waals surface area contributed by atoms with Crippen molar-refractivity contribution in [3.8, 4) is 0 Å². The van der Waals surface area contributed by atoms with E-state index in [0.29, 0.717) is 17.4 Å². The number of hydrogen-bond acceptors (Lipinski definition) is 1. The highest BCUT2D eigenvalue weighted by Crippen LogP contribution is 2.62. The van der Waals surface area contributed by atoms with Gasteiger partial charge in [0.2, 0.25) is 0 Å². The van der Waals surface area contributed by atoms with E-state index in [-0.39, 0.29) is 0 Å². The number of allylic oxidation sites excluding steroid dienone is 1. The molecule has 2 saturated carbocycles. The lowest BCUT2D eigenvalue weighted by Gasteiger charge is -2.12. The Morgan fingerprint density at radius 2 is 2.15 bits per heavy atom. The van der Waals surface area contributed by atoms with Crippen LogP contribution in [0.2, 0.25) is 0 Å². The lowest BCUT2D eigenvalue weighted by atomic mass is 9.93. The first kappa shape index (κ1) is 8.79. The van der Waals surface area contributed by atoms with Crippen LogP contribution in [-0.4, -0.2) is 11.1 Å². The second kappa shape index (κ2) is 2.86. The van der Waals surface area contributed by atoms with Crippen LogP contribution in [0.15, 0.2) is 11.1 Å². The summed E-state index contributed by atoms with van der Waals surface area (Å²) in [6.45, 7) is 1.95. The van der Waals surface area contributed by atoms with Gasteiger partial charge in [-0.3, -0.25) is 0 Å². The molecule has 0 unspecified atom stereocenters. The predicted octanol–water partition coefficient (Wildman–Crippen LogP) is 2.74. The van der Waals surface area contributed by atoms with E-state index in [1.807, 2.05) is 6.92 Å². The molecule has 0 aliphatic heterocycles. The molecule has 2 aliphatic rings. The van der Waals surface area contributed by atoms with Gasteiger partial charge in [-0.15, -0.1) is 0 Å². The van der Waals surface area contributed by atoms with Crippen molar-refractivity contribution in [1.82, 2.24) is 0 Å². The van der Waals surface area contributed by atoms with Crippen LogP contribution in [0.4, 0.5) is 0 Å². The highest BCUT2D eigenvalue weighted by molar-refractivity contribution is 5.88. The Morgan fingerprint density at radius 3 is 2.62 bits per heavy atom. The zero-order valence-corrected chi connectivity index (χ0v) is 8.10. The summed E-state index contributed by atoms with van der Waals surface area (Å²) < 4.78 is 0. The fourth-order valence-electron chi connectivity index (χ4n) is 2.69. The van der Waals surface area contributed by atoms with Crippen molar-refractivity contribution < 1.29 is 9.90 Å². The number of aliphatic carboxylic acids is 1. The van der Waals surface area contributed by atoms with Crippen molar-refractivity contribution in [1.29, 1.82) is 0 Å². The Kier molecular flexibility index (Phi) is 1.94. The van der Waals surface area contributed by atoms with Gasteiger partial charge < -0.3 is 5.11 Å². The molecule has 2 nitrogen and oxygen atoms in total. The molecule has 72 valence electrons. The van der Waals surface area contributed by atoms with E-state index in [4.69, 9.17) is 5.11 Å². The molecule has 0 atom stereocenters. The van der Waals surface area contributed by atoms with E-state index in [1.54, 1.807) is 0 Å². The largest absolute Gasteiger partial charge is 0.478 e. The van der Waals surface area contributed by atoms with Crippen molar-refractivity contribution in [3.63, 3.8) is 0 Å². The maximum atomic E-state index is 11.0. The van der Waals surface area contributed by atoms with Gasteiger partial charge >= 0.3 is 5.97 Å². The van der Waals surface area contributed by atoms with Crippen LogP contribution >= 0.6 is 0 Å². The lowest BCUT2D eigenvalue weighted by molar-refractivity contribution is -0.132. The highest BCUT2D eigenvalue weighted by Gasteiger charge is 2.49. The normalized spacial score (nSPS) is 27.8. The first-order chi connectivity index (χ1) is 6.19. The minimum atomic E-state index is -0.689. The van der Waals surface area contributed by atoms with E-state index in [9.17, 15) is 4.79 Å². The summed E-state index contributed by atoms with van der Waals surface area (Å²) in [6.07, 6.45) is 6.63. The Bertz CT molecular complexity index is 272. The molecular formula is C11H16O2. The minimum Gasteiger partial charge on any atom is -0.478 e. The lowest BCUT2D eigenvalue weighted by Crippen LogP contribution is -2.07. The molecular weight excluding hydrogens is 164 g/mol. The highest BCUT2D eigenvalue weighted by atomic mass is 16.4. The van der Waals surface area contributed by atoms with Crippen LogP contribution in [0.3, 0.4) is 0 Å². The van der Waals surface area contributed by atoms with Gasteiger partial charge in [-0.2, -0.15) is 0 Å². The number of carboxylic acid groups (broad SMARTS) is 1. The summed E-state index contributed by atoms with van der Waals surface area (Å²) in [4.78, 5) is 11.0. The Balaban J connectivity index is 2.34. The average molecular weight is 180 g/mol. The Labute approximate surface area is 78.6 Å². The molecule has 0 saturated heterocycles. The molecule has 0 bridgehead atoms. The van der Waals surface area contributed by atoms with Crippen molar-refractivity contribution in [3.05, 3.63) is 11.1 Å². The van der Waals surface area contributed by atoms with E-state index in [0.717, 1.165) is 6.42 Å². The molecule has 2 fully saturated rings. The van der Waals surface area contributed by atoms with E-state index >= 15 is 0 Å². The topological polar surface area (TPSA) is 37.3 Å². The van der Waals surface area contributed by atoms with E-state index < -0.39 is 5.97 Å². The summed E-state index contributed by atoms with van der Waals surface area (Å²) in [5.74, 6) is -0.689. The molecule has 1 N–H and O–H groups in total. The van der Waals surface area contributed by atoms with Crippen LogP contribution in [0, 0.1) is 5.41 Å². The third-order valence-electron chi connectivity index (χ3n) is 3.55. The third kappa shape index (κ3) is 1.28. The van der Waals surface area contributed by atoms with Gasteiger partial charge in [0.25, 0.3) is 0 Å². The second-order valence-electron chi connectivity index (χ2n) is 4.25. The maximum Gasteiger partial charge on any atom is 0.331 e. The molecule has 0 aromatic heterocycles. The maximum absolute atomic E-state index is 11.0. The molecule has 1 spiro atoms. The van der Waals surface area contributed by atoms with Crippen LogP contribution in [-0.2, 0) is 4.79 Å². The number of carboxylic acids is 1. The zero-order valence-electron chi connectivity index (χ0n) is 8.10. The van der Waals surface area contributed by atoms with Gasteiger partial charge in [-0.25, -0.2) is 4.79 Å². The van der Waals surface area contributed by atoms with Crippen molar-refractivity contribution in [2.75, 3.05) is 0 Å². The minimum absolute atomic E-state index is 0.365. The quantitative estimate of drug-likeness (QED) is 0.663. The van der Waals surface area contributed by atoms with Gasteiger partial charge in [-0.05, 0) is 43.9 Å². The van der Waals surface area contributed by atoms with Crippen LogP contribution in [0.5, 0.6) is 0 Å². The van der Waals surface area contributed by atoms with Crippen molar-refractivity contribution in [2.24, 2.45) is 5.41 Å². The number of hydrogen-bond donors (Lipinski definition) is 1. The molecule has 0 heterocycles. The van der Waals surface area contributed by atoms with Gasteiger partial charge in [0.05, 0.1) is 0 Å². The first-order valence-electron chi connectivity index (χ1n) is 5.15. The SMILES string of the molecule is CC/C(C(=O)O)=C1\CCCC12CC2. The molecule has 13 heavy (non-hydrogen) atoms. The van der Waals surface area contributed by atoms with E-state index in [2.05, 4.69) is 0 Å². The second-order valence-corrected chi connectivity index (χ2v) is 4.25. The van der Waals surface area contributed by atoms with Gasteiger partial charge in [0.1, 0.15) is 0 Å². The number of rotatable bonds is 2. The monoisotopic (exact) mass is 180 g/mol. The fourth-order valence-corrected chi connectivity index (χ4v) is 2.69. The van der Waals surface area contributed by atoms with Crippen LogP contribution in [0.25, 0.3) is 0 Å². The molecule has 2 heteroatoms. The van der Waals surface area contributed by atoms with Gasteiger partial charge in [0, 0.05) is 5.57 Å². The predicted molar refractivity (Wildman–Crippen MR) is 50.5 cm³/mol. The molecule has 0 aromatic rings. The molecule has 2 aliphatic carbocycles. The molecule has 0 radical (unpaired) electrons. The Hall–Kier alpha value is -0.790. The average Bonchev–Trinajstić information content (AvgIpc) is 2.71. The van der Waals surface area contributed by atoms with Crippen molar-refractivity contribution >= 4 is 5.97 Å². The van der Waals surface area contributed by atoms with E-state index in [1.165, 1.54) is 31.3 Å². The first-order valence-corrected chi connectivity index (χ1v) is 5.15. The summed E-state index contributed by atoms with van der Waals surface area (Å²) in [5, 5.41) is 9.04. The standard InChI is InChI=1S/C11H16O2/c1-2-8(10(12)13)9-4-3-5-11(9)6-7-11/h2-7H2,1H3,(H,12,13)/b9-8-. The fraction of sp³-hybridized carbons (Fsp3) is 0.727. The number of carbonyl (C=O) groups is 1. The van der Waals surface area contributed by atoms with Crippen LogP contribution < -0.4 is 0 Å². The van der Waals surface area contributed by atoms with Crippen molar-refractivity contribution in [2.45, 2.75) is 45.4 Å². The Morgan fingerprint density at radius 1 is 1.46 bits per heavy atom. The molecule has 0 aromatic carbocycles. The summed E-state index contributed by atoms with van der Waals surface area (Å²) >= 11 is 0. The summed E-state index contributed by atoms with van der Waals surface area (Å²) in [6, 6.07) is 0. The van der Waals surface area contributed by atoms with Gasteiger partial charge in [0.15, 0.2) is 0 Å². The van der Waals surface area contributed by atoms with Gasteiger partial charge in [-0.1, -0.05) is 12.5 Å². The van der Waals surface area contributed by atoms with Crippen LogP contribution in [0.1, 0.15) is 45.4 Å². The third-order valence-corrected chi connectivity index (χ3v) is 3.55. The summed E-state index contributed by atoms with van der Waals surface area (Å²) in [7, 11) is 0. The smallest absolute Gasteiger partial charge is 0.331 e. The molecule has 2 rings (SSSR count).